The van der Waals surface area contributed by atoms with Gasteiger partial charge in [-0.3, -0.25) is 0 Å². The Morgan fingerprint density at radius 3 is 1.14 bits per heavy atom. The maximum Gasteiger partial charge on any atom is 0.0540 e. The topological polar surface area (TPSA) is 9.72 Å². The average Bonchev–Trinajstić information content (AvgIpc) is 3.35. The molecule has 0 bridgehead atoms. The van der Waals surface area contributed by atoms with Gasteiger partial charge in [0, 0.05) is 50.9 Å². The monoisotopic (exact) mass is 805 g/mol. The third-order valence-corrected chi connectivity index (χ3v) is 11.9. The Bertz CT molecular complexity index is 3340. The van der Waals surface area contributed by atoms with E-state index in [-0.39, 0.29) is 0 Å². The lowest BCUT2D eigenvalue weighted by Crippen LogP contribution is -2.14. The van der Waals surface area contributed by atoms with Gasteiger partial charge in [-0.1, -0.05) is 164 Å². The summed E-state index contributed by atoms with van der Waals surface area (Å²) >= 11 is 0. The highest BCUT2D eigenvalue weighted by Gasteiger charge is 2.21. The predicted octanol–water partition coefficient (Wildman–Crippen LogP) is 17.2. The van der Waals surface area contributed by atoms with E-state index < -0.39 is 0 Å². The molecule has 0 saturated carbocycles. The molecule has 0 aliphatic heterocycles. The Morgan fingerprint density at radius 1 is 0.190 bits per heavy atom. The van der Waals surface area contributed by atoms with Gasteiger partial charge in [-0.2, -0.15) is 0 Å². The molecular formula is C60H43N3. The lowest BCUT2D eigenvalue weighted by Gasteiger charge is -2.31. The van der Waals surface area contributed by atoms with E-state index in [1.165, 1.54) is 32.3 Å². The molecule has 11 rings (SSSR count). The van der Waals surface area contributed by atoms with Crippen LogP contribution in [0.1, 0.15) is 0 Å². The number of para-hydroxylation sites is 3. The Labute approximate surface area is 368 Å². The second kappa shape index (κ2) is 16.6. The standard InChI is InChI=1S/C60H43N3/c1-4-23-51(24-5-1)61(55-37-33-44-17-10-12-20-48(44)39-55)54-35-31-46(32-36-54)50-41-57(62(52-25-6-2-7-26-52)56-38-34-45-18-11-13-21-49(45)40-56)43-58(42-50)63(53-27-8-3-9-28-53)60-30-16-22-47-19-14-15-29-59(47)60/h1-43H. The molecule has 0 fully saturated rings. The van der Waals surface area contributed by atoms with Crippen LogP contribution < -0.4 is 14.7 Å². The fourth-order valence-electron chi connectivity index (χ4n) is 8.91. The second-order valence-electron chi connectivity index (χ2n) is 15.9. The van der Waals surface area contributed by atoms with Gasteiger partial charge >= 0.3 is 0 Å². The van der Waals surface area contributed by atoms with Crippen LogP contribution in [0.2, 0.25) is 0 Å². The SMILES string of the molecule is c1ccc(N(c2ccc(-c3cc(N(c4ccccc4)c4ccc5ccccc5c4)cc(N(c4ccccc4)c4cccc5ccccc45)c3)cc2)c2ccc3ccccc3c2)cc1. The van der Waals surface area contributed by atoms with Gasteiger partial charge in [0.05, 0.1) is 5.69 Å². The van der Waals surface area contributed by atoms with Crippen LogP contribution in [0.25, 0.3) is 43.4 Å². The summed E-state index contributed by atoms with van der Waals surface area (Å²) in [5.41, 5.74) is 12.0. The molecule has 0 spiro atoms. The summed E-state index contributed by atoms with van der Waals surface area (Å²) < 4.78 is 0. The van der Waals surface area contributed by atoms with E-state index in [1.54, 1.807) is 0 Å². The normalized spacial score (nSPS) is 11.2. The highest BCUT2D eigenvalue weighted by atomic mass is 15.2. The first kappa shape index (κ1) is 37.6. The van der Waals surface area contributed by atoms with Gasteiger partial charge < -0.3 is 14.7 Å². The Hall–Kier alpha value is -8.40. The molecular weight excluding hydrogens is 763 g/mol. The molecule has 0 N–H and O–H groups in total. The molecule has 3 heteroatoms. The van der Waals surface area contributed by atoms with Crippen molar-refractivity contribution in [3.63, 3.8) is 0 Å². The van der Waals surface area contributed by atoms with Gasteiger partial charge in [0.25, 0.3) is 0 Å². The van der Waals surface area contributed by atoms with Crippen LogP contribution in [-0.2, 0) is 0 Å². The summed E-state index contributed by atoms with van der Waals surface area (Å²) in [7, 11) is 0. The molecule has 3 nitrogen and oxygen atoms in total. The van der Waals surface area contributed by atoms with E-state index in [4.69, 9.17) is 0 Å². The highest BCUT2D eigenvalue weighted by Crippen LogP contribution is 2.46. The van der Waals surface area contributed by atoms with Crippen molar-refractivity contribution in [2.24, 2.45) is 0 Å². The van der Waals surface area contributed by atoms with Crippen LogP contribution >= 0.6 is 0 Å². The Morgan fingerprint density at radius 2 is 0.587 bits per heavy atom. The van der Waals surface area contributed by atoms with Crippen molar-refractivity contribution in [2.75, 3.05) is 14.7 Å². The van der Waals surface area contributed by atoms with Crippen LogP contribution in [0.15, 0.2) is 261 Å². The molecule has 0 unspecified atom stereocenters. The number of benzene rings is 11. The zero-order valence-corrected chi connectivity index (χ0v) is 34.7. The van der Waals surface area contributed by atoms with Crippen LogP contribution in [0.3, 0.4) is 0 Å². The summed E-state index contributed by atoms with van der Waals surface area (Å²) in [6.07, 6.45) is 0. The number of anilines is 9. The number of hydrogen-bond donors (Lipinski definition) is 0. The first-order chi connectivity index (χ1) is 31.2. The number of nitrogens with zero attached hydrogens (tertiary/aromatic N) is 3. The zero-order chi connectivity index (χ0) is 42.0. The molecule has 0 radical (unpaired) electrons. The molecule has 0 aromatic heterocycles. The molecule has 11 aromatic carbocycles. The minimum absolute atomic E-state index is 1.05. The fourth-order valence-corrected chi connectivity index (χ4v) is 8.91. The quantitative estimate of drug-likeness (QED) is 0.136. The van der Waals surface area contributed by atoms with Crippen molar-refractivity contribution in [3.8, 4) is 11.1 Å². The molecule has 0 aliphatic rings. The molecule has 298 valence electrons. The molecule has 0 aliphatic carbocycles. The maximum atomic E-state index is 2.41. The third-order valence-electron chi connectivity index (χ3n) is 11.9. The van der Waals surface area contributed by atoms with E-state index in [0.29, 0.717) is 0 Å². The minimum atomic E-state index is 1.05. The number of fused-ring (bicyclic) bond motifs is 3. The molecule has 63 heavy (non-hydrogen) atoms. The lowest BCUT2D eigenvalue weighted by atomic mass is 10.00. The lowest BCUT2D eigenvalue weighted by molar-refractivity contribution is 1.26. The Balaban J connectivity index is 1.12. The van der Waals surface area contributed by atoms with Crippen LogP contribution in [0.5, 0.6) is 0 Å². The zero-order valence-electron chi connectivity index (χ0n) is 34.7. The van der Waals surface area contributed by atoms with Crippen LogP contribution in [-0.4, -0.2) is 0 Å². The van der Waals surface area contributed by atoms with Crippen LogP contribution in [0, 0.1) is 0 Å². The van der Waals surface area contributed by atoms with Gasteiger partial charge in [-0.15, -0.1) is 0 Å². The summed E-state index contributed by atoms with van der Waals surface area (Å²) in [5, 5.41) is 7.22. The second-order valence-corrected chi connectivity index (χ2v) is 15.9. The molecule has 0 atom stereocenters. The first-order valence-electron chi connectivity index (χ1n) is 21.5. The van der Waals surface area contributed by atoms with Crippen molar-refractivity contribution in [1.29, 1.82) is 0 Å². The smallest absolute Gasteiger partial charge is 0.0540 e. The third kappa shape index (κ3) is 7.43. The van der Waals surface area contributed by atoms with Crippen molar-refractivity contribution in [1.82, 2.24) is 0 Å². The van der Waals surface area contributed by atoms with E-state index in [1.807, 2.05) is 0 Å². The molecule has 11 aromatic rings. The largest absolute Gasteiger partial charge is 0.310 e. The minimum Gasteiger partial charge on any atom is -0.310 e. The summed E-state index contributed by atoms with van der Waals surface area (Å²) in [4.78, 5) is 7.13. The number of rotatable bonds is 10. The van der Waals surface area contributed by atoms with Crippen molar-refractivity contribution >= 4 is 83.5 Å². The van der Waals surface area contributed by atoms with Crippen LogP contribution in [0.4, 0.5) is 51.2 Å². The Kier molecular flexibility index (Phi) is 9.89. The average molecular weight is 806 g/mol. The predicted molar refractivity (Wildman–Crippen MR) is 268 cm³/mol. The van der Waals surface area contributed by atoms with Crippen molar-refractivity contribution in [3.05, 3.63) is 261 Å². The fraction of sp³-hybridized carbons (Fsp3) is 0. The summed E-state index contributed by atoms with van der Waals surface area (Å²) in [6.45, 7) is 0. The van der Waals surface area contributed by atoms with Gasteiger partial charge in [0.2, 0.25) is 0 Å². The molecule has 0 amide bonds. The van der Waals surface area contributed by atoms with Crippen molar-refractivity contribution in [2.45, 2.75) is 0 Å². The van der Waals surface area contributed by atoms with Crippen molar-refractivity contribution < 1.29 is 0 Å². The maximum absolute atomic E-state index is 2.41. The van der Waals surface area contributed by atoms with Gasteiger partial charge in [0.15, 0.2) is 0 Å². The van der Waals surface area contributed by atoms with Gasteiger partial charge in [-0.05, 0) is 135 Å². The first-order valence-corrected chi connectivity index (χ1v) is 21.5. The van der Waals surface area contributed by atoms with E-state index in [0.717, 1.165) is 62.3 Å². The number of hydrogen-bond acceptors (Lipinski definition) is 3. The molecule has 0 heterocycles. The van der Waals surface area contributed by atoms with E-state index in [2.05, 4.69) is 276 Å². The van der Waals surface area contributed by atoms with Gasteiger partial charge in [0.1, 0.15) is 0 Å². The van der Waals surface area contributed by atoms with Gasteiger partial charge in [-0.25, -0.2) is 0 Å². The summed E-state index contributed by atoms with van der Waals surface area (Å²) in [6, 6.07) is 94.0. The molecule has 0 saturated heterocycles. The summed E-state index contributed by atoms with van der Waals surface area (Å²) in [5.74, 6) is 0. The van der Waals surface area contributed by atoms with E-state index in [9.17, 15) is 0 Å². The highest BCUT2D eigenvalue weighted by molar-refractivity contribution is 6.00. The van der Waals surface area contributed by atoms with E-state index >= 15 is 0 Å².